The summed E-state index contributed by atoms with van der Waals surface area (Å²) in [7, 11) is 0. The van der Waals surface area contributed by atoms with E-state index in [9.17, 15) is 9.59 Å². The smallest absolute Gasteiger partial charge is 0.335 e. The van der Waals surface area contributed by atoms with Gasteiger partial charge in [-0.2, -0.15) is 11.8 Å². The van der Waals surface area contributed by atoms with Crippen molar-refractivity contribution >= 4 is 23.6 Å². The number of carbonyl (C=O) groups excluding carboxylic acids is 1. The van der Waals surface area contributed by atoms with Crippen LogP contribution < -0.4 is 5.32 Å². The predicted molar refractivity (Wildman–Crippen MR) is 77.7 cm³/mol. The number of benzene rings is 1. The van der Waals surface area contributed by atoms with Crippen LogP contribution >= 0.6 is 11.8 Å². The van der Waals surface area contributed by atoms with Crippen LogP contribution in [0.15, 0.2) is 24.3 Å². The minimum atomic E-state index is -0.928. The zero-order valence-corrected chi connectivity index (χ0v) is 11.8. The van der Waals surface area contributed by atoms with E-state index in [0.29, 0.717) is 19.4 Å². The van der Waals surface area contributed by atoms with E-state index in [0.717, 1.165) is 17.7 Å². The first-order valence-corrected chi connectivity index (χ1v) is 7.60. The number of hydrogen-bond donors (Lipinski definition) is 2. The fraction of sp³-hybridized carbons (Fsp3) is 0.429. The molecule has 0 radical (unpaired) electrons. The average molecular weight is 281 g/mol. The summed E-state index contributed by atoms with van der Waals surface area (Å²) < 4.78 is 0. The Morgan fingerprint density at radius 1 is 1.37 bits per heavy atom. The Balaban J connectivity index is 2.31. The van der Waals surface area contributed by atoms with Gasteiger partial charge in [-0.05, 0) is 42.5 Å². The molecule has 0 saturated carbocycles. The van der Waals surface area contributed by atoms with Crippen LogP contribution in [0.25, 0.3) is 0 Å². The third-order valence-corrected chi connectivity index (χ3v) is 3.36. The molecule has 104 valence electrons. The standard InChI is InChI=1S/C14H19NO3S/c1-19-9-3-6-13(16)15-8-7-11-4-2-5-12(10-11)14(17)18/h2,4-5,10H,3,6-9H2,1H3,(H,15,16)(H,17,18). The van der Waals surface area contributed by atoms with Crippen molar-refractivity contribution in [3.63, 3.8) is 0 Å². The van der Waals surface area contributed by atoms with Gasteiger partial charge in [0.25, 0.3) is 0 Å². The van der Waals surface area contributed by atoms with Crippen LogP contribution in [0.2, 0.25) is 0 Å². The average Bonchev–Trinajstić information content (AvgIpc) is 2.39. The molecule has 0 aliphatic rings. The number of carboxylic acids is 1. The van der Waals surface area contributed by atoms with Crippen molar-refractivity contribution in [3.8, 4) is 0 Å². The van der Waals surface area contributed by atoms with Crippen LogP contribution in [-0.2, 0) is 11.2 Å². The number of aromatic carboxylic acids is 1. The largest absolute Gasteiger partial charge is 0.478 e. The molecule has 0 fully saturated rings. The maximum Gasteiger partial charge on any atom is 0.335 e. The lowest BCUT2D eigenvalue weighted by molar-refractivity contribution is -0.121. The number of carbonyl (C=O) groups is 2. The van der Waals surface area contributed by atoms with Crippen LogP contribution in [0.1, 0.15) is 28.8 Å². The van der Waals surface area contributed by atoms with E-state index in [1.54, 1.807) is 30.0 Å². The summed E-state index contributed by atoms with van der Waals surface area (Å²) in [5.74, 6) is 0.125. The lowest BCUT2D eigenvalue weighted by Gasteiger charge is -2.05. The van der Waals surface area contributed by atoms with Gasteiger partial charge in [0.2, 0.25) is 5.91 Å². The first-order chi connectivity index (χ1) is 9.13. The van der Waals surface area contributed by atoms with E-state index in [1.165, 1.54) is 0 Å². The second-order valence-corrected chi connectivity index (χ2v) is 5.19. The van der Waals surface area contributed by atoms with Crippen LogP contribution in [0.4, 0.5) is 0 Å². The second kappa shape index (κ2) is 8.58. The highest BCUT2D eigenvalue weighted by Crippen LogP contribution is 2.06. The Labute approximate surface area is 117 Å². The normalized spacial score (nSPS) is 10.2. The first kappa shape index (κ1) is 15.6. The van der Waals surface area contributed by atoms with Crippen molar-refractivity contribution in [2.75, 3.05) is 18.6 Å². The summed E-state index contributed by atoms with van der Waals surface area (Å²) in [6.45, 7) is 0.543. The van der Waals surface area contributed by atoms with Crippen molar-refractivity contribution in [2.45, 2.75) is 19.3 Å². The van der Waals surface area contributed by atoms with Gasteiger partial charge in [-0.1, -0.05) is 12.1 Å². The maximum absolute atomic E-state index is 11.5. The topological polar surface area (TPSA) is 66.4 Å². The summed E-state index contributed by atoms with van der Waals surface area (Å²) in [4.78, 5) is 22.3. The SMILES string of the molecule is CSCCCC(=O)NCCc1cccc(C(=O)O)c1. The molecular weight excluding hydrogens is 262 g/mol. The zero-order valence-electron chi connectivity index (χ0n) is 11.0. The molecule has 0 unspecified atom stereocenters. The van der Waals surface area contributed by atoms with Gasteiger partial charge in [0.15, 0.2) is 0 Å². The van der Waals surface area contributed by atoms with Crippen molar-refractivity contribution in [3.05, 3.63) is 35.4 Å². The molecule has 0 atom stereocenters. The van der Waals surface area contributed by atoms with Crippen molar-refractivity contribution in [1.29, 1.82) is 0 Å². The number of rotatable bonds is 8. The molecular formula is C14H19NO3S. The Hall–Kier alpha value is -1.49. The number of thioether (sulfide) groups is 1. The Morgan fingerprint density at radius 2 is 2.16 bits per heavy atom. The molecule has 0 saturated heterocycles. The van der Waals surface area contributed by atoms with Crippen LogP contribution in [-0.4, -0.2) is 35.5 Å². The van der Waals surface area contributed by atoms with Gasteiger partial charge in [0.05, 0.1) is 5.56 Å². The van der Waals surface area contributed by atoms with E-state index in [4.69, 9.17) is 5.11 Å². The highest BCUT2D eigenvalue weighted by molar-refractivity contribution is 7.98. The highest BCUT2D eigenvalue weighted by Gasteiger charge is 2.04. The molecule has 1 aromatic rings. The summed E-state index contributed by atoms with van der Waals surface area (Å²) in [5.41, 5.74) is 1.20. The lowest BCUT2D eigenvalue weighted by atomic mass is 10.1. The Kier molecular flexibility index (Phi) is 7.03. The molecule has 0 spiro atoms. The molecule has 4 nitrogen and oxygen atoms in total. The van der Waals surface area contributed by atoms with E-state index < -0.39 is 5.97 Å². The van der Waals surface area contributed by atoms with Gasteiger partial charge >= 0.3 is 5.97 Å². The van der Waals surface area contributed by atoms with Crippen LogP contribution in [0.5, 0.6) is 0 Å². The molecule has 5 heteroatoms. The van der Waals surface area contributed by atoms with E-state index in [-0.39, 0.29) is 11.5 Å². The number of carboxylic acid groups (broad SMARTS) is 1. The van der Waals surface area contributed by atoms with Gasteiger partial charge in [-0.3, -0.25) is 4.79 Å². The maximum atomic E-state index is 11.5. The van der Waals surface area contributed by atoms with Gasteiger partial charge in [-0.15, -0.1) is 0 Å². The highest BCUT2D eigenvalue weighted by atomic mass is 32.2. The van der Waals surface area contributed by atoms with Crippen LogP contribution in [0.3, 0.4) is 0 Å². The van der Waals surface area contributed by atoms with Crippen molar-refractivity contribution in [1.82, 2.24) is 5.32 Å². The second-order valence-electron chi connectivity index (χ2n) is 4.20. The Bertz CT molecular complexity index is 434. The van der Waals surface area contributed by atoms with Crippen molar-refractivity contribution < 1.29 is 14.7 Å². The number of amides is 1. The summed E-state index contributed by atoms with van der Waals surface area (Å²) >= 11 is 1.73. The quantitative estimate of drug-likeness (QED) is 0.717. The van der Waals surface area contributed by atoms with Crippen LogP contribution in [0, 0.1) is 0 Å². The minimum absolute atomic E-state index is 0.0587. The lowest BCUT2D eigenvalue weighted by Crippen LogP contribution is -2.25. The molecule has 19 heavy (non-hydrogen) atoms. The van der Waals surface area contributed by atoms with Crippen molar-refractivity contribution in [2.24, 2.45) is 0 Å². The van der Waals surface area contributed by atoms with E-state index in [2.05, 4.69) is 5.32 Å². The van der Waals surface area contributed by atoms with E-state index in [1.807, 2.05) is 12.3 Å². The molecule has 1 rings (SSSR count). The molecule has 0 heterocycles. The number of nitrogens with one attached hydrogen (secondary N) is 1. The Morgan fingerprint density at radius 3 is 2.84 bits per heavy atom. The van der Waals surface area contributed by atoms with E-state index >= 15 is 0 Å². The first-order valence-electron chi connectivity index (χ1n) is 6.21. The van der Waals surface area contributed by atoms with Gasteiger partial charge < -0.3 is 10.4 Å². The summed E-state index contributed by atoms with van der Waals surface area (Å²) in [5, 5.41) is 11.7. The van der Waals surface area contributed by atoms with Gasteiger partial charge in [0, 0.05) is 13.0 Å². The third kappa shape index (κ3) is 6.29. The fourth-order valence-electron chi connectivity index (χ4n) is 1.67. The molecule has 1 amide bonds. The predicted octanol–water partition coefficient (Wildman–Crippen LogP) is 2.19. The van der Waals surface area contributed by atoms with Gasteiger partial charge in [-0.25, -0.2) is 4.79 Å². The fourth-order valence-corrected chi connectivity index (χ4v) is 2.10. The number of hydrogen-bond acceptors (Lipinski definition) is 3. The molecule has 0 bridgehead atoms. The minimum Gasteiger partial charge on any atom is -0.478 e. The zero-order chi connectivity index (χ0) is 14.1. The molecule has 2 N–H and O–H groups in total. The molecule has 0 aliphatic carbocycles. The summed E-state index contributed by atoms with van der Waals surface area (Å²) in [6, 6.07) is 6.79. The summed E-state index contributed by atoms with van der Waals surface area (Å²) in [6.07, 6.45) is 4.11. The molecule has 0 aromatic heterocycles. The van der Waals surface area contributed by atoms with Gasteiger partial charge in [0.1, 0.15) is 0 Å². The third-order valence-electron chi connectivity index (χ3n) is 2.66. The molecule has 1 aromatic carbocycles. The monoisotopic (exact) mass is 281 g/mol. The molecule has 0 aliphatic heterocycles.